The SMILES string of the molecule is C.CCC#CCO.CCOC. The molecule has 0 bridgehead atoms. The molecule has 0 radical (unpaired) electrons. The molecule has 0 fully saturated rings. The standard InChI is InChI=1S/C5H8O.C3H8O.CH4/c1-2-3-4-5-6;1-3-4-2;/h6H,2,5H2,1H3;3H2,1-2H3;1H4. The van der Waals surface area contributed by atoms with E-state index in [1.54, 1.807) is 7.11 Å². The van der Waals surface area contributed by atoms with Crippen molar-refractivity contribution in [2.75, 3.05) is 20.3 Å². The van der Waals surface area contributed by atoms with Crippen LogP contribution in [-0.4, -0.2) is 25.4 Å². The lowest BCUT2D eigenvalue weighted by atomic mass is 10.5. The van der Waals surface area contributed by atoms with E-state index in [1.807, 2.05) is 13.8 Å². The summed E-state index contributed by atoms with van der Waals surface area (Å²) in [5.74, 6) is 5.20. The molecule has 0 atom stereocenters. The van der Waals surface area contributed by atoms with Crippen molar-refractivity contribution in [1.82, 2.24) is 0 Å². The maximum Gasteiger partial charge on any atom is 0.104 e. The Balaban J connectivity index is -0.000000114. The van der Waals surface area contributed by atoms with E-state index in [0.717, 1.165) is 13.0 Å². The molecule has 11 heavy (non-hydrogen) atoms. The Morgan fingerprint density at radius 2 is 1.73 bits per heavy atom. The molecule has 0 saturated carbocycles. The van der Waals surface area contributed by atoms with Gasteiger partial charge in [-0.25, -0.2) is 0 Å². The van der Waals surface area contributed by atoms with Gasteiger partial charge in [-0.1, -0.05) is 20.3 Å². The molecule has 0 spiro atoms. The van der Waals surface area contributed by atoms with Gasteiger partial charge in [0.2, 0.25) is 0 Å². The van der Waals surface area contributed by atoms with Gasteiger partial charge in [-0.3, -0.25) is 0 Å². The monoisotopic (exact) mass is 160 g/mol. The molecule has 0 aromatic rings. The van der Waals surface area contributed by atoms with Crippen LogP contribution in [0, 0.1) is 11.8 Å². The van der Waals surface area contributed by atoms with Crippen molar-refractivity contribution >= 4 is 0 Å². The second kappa shape index (κ2) is 22.7. The van der Waals surface area contributed by atoms with Crippen LogP contribution in [0.25, 0.3) is 0 Å². The second-order valence-corrected chi connectivity index (χ2v) is 1.44. The smallest absolute Gasteiger partial charge is 0.104 e. The van der Waals surface area contributed by atoms with Crippen LogP contribution in [0.15, 0.2) is 0 Å². The maximum absolute atomic E-state index is 8.02. The van der Waals surface area contributed by atoms with E-state index in [-0.39, 0.29) is 14.0 Å². The first-order valence-electron chi connectivity index (χ1n) is 3.38. The summed E-state index contributed by atoms with van der Waals surface area (Å²) < 4.78 is 4.54. The molecular formula is C9H20O2. The highest BCUT2D eigenvalue weighted by molar-refractivity contribution is 4.96. The minimum absolute atomic E-state index is 0. The van der Waals surface area contributed by atoms with E-state index in [2.05, 4.69) is 16.6 Å². The molecule has 0 heterocycles. The van der Waals surface area contributed by atoms with Crippen LogP contribution in [0.3, 0.4) is 0 Å². The lowest BCUT2D eigenvalue weighted by Crippen LogP contribution is -1.73. The lowest BCUT2D eigenvalue weighted by molar-refractivity contribution is 0.215. The van der Waals surface area contributed by atoms with Crippen LogP contribution in [0.2, 0.25) is 0 Å². The lowest BCUT2D eigenvalue weighted by Gasteiger charge is -1.76. The number of methoxy groups -OCH3 is 1. The zero-order chi connectivity index (χ0) is 8.24. The van der Waals surface area contributed by atoms with Gasteiger partial charge >= 0.3 is 0 Å². The molecule has 0 aromatic heterocycles. The number of hydrogen-bond donors (Lipinski definition) is 1. The van der Waals surface area contributed by atoms with Crippen LogP contribution < -0.4 is 0 Å². The number of rotatable bonds is 1. The van der Waals surface area contributed by atoms with Gasteiger partial charge in [-0.15, -0.1) is 5.92 Å². The topological polar surface area (TPSA) is 29.5 Å². The van der Waals surface area contributed by atoms with Crippen LogP contribution >= 0.6 is 0 Å². The minimum Gasteiger partial charge on any atom is -0.385 e. The highest BCUT2D eigenvalue weighted by Crippen LogP contribution is 1.63. The average molecular weight is 160 g/mol. The van der Waals surface area contributed by atoms with Gasteiger partial charge in [-0.05, 0) is 6.92 Å². The van der Waals surface area contributed by atoms with Crippen LogP contribution in [0.5, 0.6) is 0 Å². The van der Waals surface area contributed by atoms with Crippen molar-refractivity contribution < 1.29 is 9.84 Å². The summed E-state index contributed by atoms with van der Waals surface area (Å²) in [5.41, 5.74) is 0. The van der Waals surface area contributed by atoms with E-state index >= 15 is 0 Å². The van der Waals surface area contributed by atoms with Crippen molar-refractivity contribution in [3.8, 4) is 11.8 Å². The molecule has 0 saturated heterocycles. The molecule has 0 aliphatic heterocycles. The van der Waals surface area contributed by atoms with Gasteiger partial charge in [-0.2, -0.15) is 0 Å². The maximum atomic E-state index is 8.02. The molecule has 2 nitrogen and oxygen atoms in total. The van der Waals surface area contributed by atoms with Gasteiger partial charge in [0.15, 0.2) is 0 Å². The van der Waals surface area contributed by atoms with Crippen molar-refractivity contribution in [3.63, 3.8) is 0 Å². The van der Waals surface area contributed by atoms with Crippen molar-refractivity contribution in [1.29, 1.82) is 0 Å². The number of hydrogen-bond acceptors (Lipinski definition) is 2. The first kappa shape index (κ1) is 16.8. The molecule has 0 aliphatic carbocycles. The Labute approximate surface area is 70.6 Å². The van der Waals surface area contributed by atoms with Gasteiger partial charge in [0.1, 0.15) is 6.61 Å². The summed E-state index contributed by atoms with van der Waals surface area (Å²) in [5, 5.41) is 8.02. The van der Waals surface area contributed by atoms with E-state index in [1.165, 1.54) is 0 Å². The fourth-order valence-corrected chi connectivity index (χ4v) is 0.181. The third-order valence-corrected chi connectivity index (χ3v) is 0.670. The Bertz CT molecular complexity index is 79.5. The van der Waals surface area contributed by atoms with E-state index in [9.17, 15) is 0 Å². The molecule has 1 N–H and O–H groups in total. The van der Waals surface area contributed by atoms with E-state index < -0.39 is 0 Å². The molecule has 0 rings (SSSR count). The summed E-state index contributed by atoms with van der Waals surface area (Å²) in [7, 11) is 1.68. The molecule has 0 unspecified atom stereocenters. The Morgan fingerprint density at radius 3 is 1.82 bits per heavy atom. The Morgan fingerprint density at radius 1 is 1.27 bits per heavy atom. The van der Waals surface area contributed by atoms with Crippen molar-refractivity contribution in [2.24, 2.45) is 0 Å². The summed E-state index contributed by atoms with van der Waals surface area (Å²) in [6.45, 7) is 4.72. The number of aliphatic hydroxyl groups excluding tert-OH is 1. The highest BCUT2D eigenvalue weighted by atomic mass is 16.5. The molecule has 0 aromatic carbocycles. The van der Waals surface area contributed by atoms with Gasteiger partial charge in [0.25, 0.3) is 0 Å². The first-order chi connectivity index (χ1) is 4.83. The van der Waals surface area contributed by atoms with Crippen LogP contribution in [0.4, 0.5) is 0 Å². The van der Waals surface area contributed by atoms with Gasteiger partial charge in [0, 0.05) is 20.1 Å². The number of aliphatic hydroxyl groups is 1. The third kappa shape index (κ3) is 43.8. The second-order valence-electron chi connectivity index (χ2n) is 1.44. The summed E-state index contributed by atoms with van der Waals surface area (Å²) in [6.07, 6.45) is 0.834. The quantitative estimate of drug-likeness (QED) is 0.591. The average Bonchev–Trinajstić information content (AvgIpc) is 2.01. The number of ether oxygens (including phenoxy) is 1. The summed E-state index contributed by atoms with van der Waals surface area (Å²) in [4.78, 5) is 0. The summed E-state index contributed by atoms with van der Waals surface area (Å²) in [6, 6.07) is 0. The van der Waals surface area contributed by atoms with Gasteiger partial charge < -0.3 is 9.84 Å². The molecule has 68 valence electrons. The fraction of sp³-hybridized carbons (Fsp3) is 0.778. The van der Waals surface area contributed by atoms with Crippen LogP contribution in [-0.2, 0) is 4.74 Å². The molecule has 2 heteroatoms. The van der Waals surface area contributed by atoms with E-state index in [4.69, 9.17) is 5.11 Å². The van der Waals surface area contributed by atoms with Crippen molar-refractivity contribution in [2.45, 2.75) is 27.7 Å². The summed E-state index contributed by atoms with van der Waals surface area (Å²) >= 11 is 0. The predicted molar refractivity (Wildman–Crippen MR) is 49.4 cm³/mol. The molecular weight excluding hydrogens is 140 g/mol. The predicted octanol–water partition coefficient (Wildman–Crippen LogP) is 1.68. The third-order valence-electron chi connectivity index (χ3n) is 0.670. The zero-order valence-electron chi connectivity index (χ0n) is 6.98. The first-order valence-corrected chi connectivity index (χ1v) is 3.38. The highest BCUT2D eigenvalue weighted by Gasteiger charge is 1.56. The normalized spacial score (nSPS) is 6.18. The zero-order valence-corrected chi connectivity index (χ0v) is 6.98. The van der Waals surface area contributed by atoms with E-state index in [0.29, 0.717) is 0 Å². The van der Waals surface area contributed by atoms with Gasteiger partial charge in [0.05, 0.1) is 0 Å². The minimum atomic E-state index is -0.00611. The van der Waals surface area contributed by atoms with Crippen molar-refractivity contribution in [3.05, 3.63) is 0 Å². The fourth-order valence-electron chi connectivity index (χ4n) is 0.181. The molecule has 0 aliphatic rings. The Kier molecular flexibility index (Phi) is 34.7. The molecule has 0 amide bonds. The van der Waals surface area contributed by atoms with Crippen LogP contribution in [0.1, 0.15) is 27.7 Å². The Hall–Kier alpha value is -0.520. The largest absolute Gasteiger partial charge is 0.385 e.